The number of ether oxygens (including phenoxy) is 1. The first-order valence-corrected chi connectivity index (χ1v) is 12.2. The van der Waals surface area contributed by atoms with Crippen molar-refractivity contribution in [3.8, 4) is 0 Å². The second kappa shape index (κ2) is 12.4. The second-order valence-corrected chi connectivity index (χ2v) is 9.08. The van der Waals surface area contributed by atoms with Gasteiger partial charge in [-0.05, 0) is 43.4 Å². The van der Waals surface area contributed by atoms with Crippen LogP contribution in [0.25, 0.3) is 0 Å². The van der Waals surface area contributed by atoms with Crippen LogP contribution < -0.4 is 10.6 Å². The molecule has 1 aromatic rings. The number of carbonyl (C=O) groups is 4. The molecule has 9 nitrogen and oxygen atoms in total. The smallest absolute Gasteiger partial charge is 0.308 e. The van der Waals surface area contributed by atoms with Gasteiger partial charge in [-0.25, -0.2) is 0 Å². The van der Waals surface area contributed by atoms with Gasteiger partial charge in [-0.1, -0.05) is 26.3 Å². The normalized spacial score (nSPS) is 18.9. The Morgan fingerprint density at radius 3 is 2.68 bits per heavy atom. The van der Waals surface area contributed by atoms with Gasteiger partial charge in [0.2, 0.25) is 11.8 Å². The van der Waals surface area contributed by atoms with E-state index in [2.05, 4.69) is 17.6 Å². The number of carbonyl (C=O) groups excluding carboxylic acids is 4. The summed E-state index contributed by atoms with van der Waals surface area (Å²) in [7, 11) is 0. The summed E-state index contributed by atoms with van der Waals surface area (Å²) >= 11 is 0. The van der Waals surface area contributed by atoms with Gasteiger partial charge >= 0.3 is 5.97 Å². The zero-order chi connectivity index (χ0) is 24.5. The molecule has 2 N–H and O–H groups in total. The van der Waals surface area contributed by atoms with Gasteiger partial charge in [0, 0.05) is 37.4 Å². The van der Waals surface area contributed by atoms with Gasteiger partial charge in [-0.2, -0.15) is 0 Å². The summed E-state index contributed by atoms with van der Waals surface area (Å²) in [5, 5.41) is 5.78. The lowest BCUT2D eigenvalue weighted by molar-refractivity contribution is -0.151. The molecule has 2 aliphatic rings. The standard InChI is InChI=1S/C25H36N4O5/c1-3-4-14-34-23(31)16-21-24(32)26-10-13-29(21)22(30)17-27-20-7-5-6-19(15-20)25(33)28-11-8-18(2)9-12-28/h5-7,15,18,21,27H,3-4,8-14,16-17H2,1-2H3,(H,26,32). The lowest BCUT2D eigenvalue weighted by Gasteiger charge is -2.34. The summed E-state index contributed by atoms with van der Waals surface area (Å²) in [4.78, 5) is 53.6. The molecule has 0 spiro atoms. The van der Waals surface area contributed by atoms with E-state index in [1.807, 2.05) is 11.8 Å². The van der Waals surface area contributed by atoms with Crippen LogP contribution in [0.4, 0.5) is 5.69 Å². The van der Waals surface area contributed by atoms with Crippen molar-refractivity contribution in [3.05, 3.63) is 29.8 Å². The van der Waals surface area contributed by atoms with Gasteiger partial charge in [0.15, 0.2) is 0 Å². The summed E-state index contributed by atoms with van der Waals surface area (Å²) < 4.78 is 5.17. The topological polar surface area (TPSA) is 108 Å². The predicted octanol–water partition coefficient (Wildman–Crippen LogP) is 2.03. The number of nitrogens with zero attached hydrogens (tertiary/aromatic N) is 2. The minimum Gasteiger partial charge on any atom is -0.466 e. The molecule has 2 fully saturated rings. The Labute approximate surface area is 201 Å². The van der Waals surface area contributed by atoms with E-state index in [0.29, 0.717) is 36.9 Å². The SMILES string of the molecule is CCCCOC(=O)CC1C(=O)NCCN1C(=O)CNc1cccc(C(=O)N2CCC(C)CC2)c1. The molecule has 3 rings (SSSR count). The highest BCUT2D eigenvalue weighted by Crippen LogP contribution is 2.20. The number of piperidine rings is 1. The fraction of sp³-hybridized carbons (Fsp3) is 0.600. The van der Waals surface area contributed by atoms with Crippen molar-refractivity contribution >= 4 is 29.4 Å². The van der Waals surface area contributed by atoms with Crippen LogP contribution in [0.3, 0.4) is 0 Å². The molecule has 2 heterocycles. The zero-order valence-corrected chi connectivity index (χ0v) is 20.2. The maximum atomic E-state index is 12.9. The van der Waals surface area contributed by atoms with Crippen LogP contribution in [0, 0.1) is 5.92 Å². The van der Waals surface area contributed by atoms with E-state index in [1.165, 1.54) is 4.90 Å². The minimum atomic E-state index is -0.883. The Bertz CT molecular complexity index is 882. The highest BCUT2D eigenvalue weighted by Gasteiger charge is 2.35. The quantitative estimate of drug-likeness (QED) is 0.421. The largest absolute Gasteiger partial charge is 0.466 e. The molecular weight excluding hydrogens is 436 g/mol. The Balaban J connectivity index is 1.57. The Hall–Kier alpha value is -3.10. The summed E-state index contributed by atoms with van der Waals surface area (Å²) in [5.74, 6) is -0.490. The molecule has 9 heteroatoms. The maximum absolute atomic E-state index is 12.9. The molecule has 3 amide bonds. The number of likely N-dealkylation sites (tertiary alicyclic amines) is 1. The number of rotatable bonds is 9. The van der Waals surface area contributed by atoms with Crippen LogP contribution in [0.5, 0.6) is 0 Å². The lowest BCUT2D eigenvalue weighted by atomic mass is 9.98. The van der Waals surface area contributed by atoms with Gasteiger partial charge in [-0.15, -0.1) is 0 Å². The van der Waals surface area contributed by atoms with Crippen LogP contribution in [0.1, 0.15) is 56.3 Å². The second-order valence-electron chi connectivity index (χ2n) is 9.08. The van der Waals surface area contributed by atoms with Crippen LogP contribution in [0.2, 0.25) is 0 Å². The van der Waals surface area contributed by atoms with Crippen molar-refractivity contribution < 1.29 is 23.9 Å². The van der Waals surface area contributed by atoms with Crippen molar-refractivity contribution in [2.75, 3.05) is 44.6 Å². The number of nitrogens with one attached hydrogen (secondary N) is 2. The van der Waals surface area contributed by atoms with E-state index in [0.717, 1.165) is 38.8 Å². The van der Waals surface area contributed by atoms with Gasteiger partial charge in [-0.3, -0.25) is 19.2 Å². The number of esters is 1. The number of anilines is 1. The summed E-state index contributed by atoms with van der Waals surface area (Å²) in [6.07, 6.45) is 3.51. The van der Waals surface area contributed by atoms with E-state index in [-0.39, 0.29) is 30.7 Å². The number of piperazine rings is 1. The molecule has 2 aliphatic heterocycles. The van der Waals surface area contributed by atoms with Crippen molar-refractivity contribution in [2.24, 2.45) is 5.92 Å². The summed E-state index contributed by atoms with van der Waals surface area (Å²) in [6, 6.07) is 6.23. The Kier molecular flexibility index (Phi) is 9.30. The van der Waals surface area contributed by atoms with Crippen LogP contribution >= 0.6 is 0 Å². The first kappa shape index (κ1) is 25.5. The third-order valence-electron chi connectivity index (χ3n) is 6.40. The monoisotopic (exact) mass is 472 g/mol. The summed E-state index contributed by atoms with van der Waals surface area (Å²) in [5.41, 5.74) is 1.23. The molecule has 1 atom stereocenters. The Morgan fingerprint density at radius 1 is 1.18 bits per heavy atom. The molecule has 0 aliphatic carbocycles. The average Bonchev–Trinajstić information content (AvgIpc) is 2.84. The fourth-order valence-electron chi connectivity index (χ4n) is 4.20. The van der Waals surface area contributed by atoms with Crippen LogP contribution in [0.15, 0.2) is 24.3 Å². The molecule has 0 aromatic heterocycles. The van der Waals surface area contributed by atoms with Crippen molar-refractivity contribution in [1.29, 1.82) is 0 Å². The highest BCUT2D eigenvalue weighted by molar-refractivity contribution is 5.96. The van der Waals surface area contributed by atoms with Gasteiger partial charge in [0.05, 0.1) is 19.6 Å². The minimum absolute atomic E-state index is 0.00349. The van der Waals surface area contributed by atoms with Gasteiger partial charge in [0.25, 0.3) is 5.91 Å². The number of amides is 3. The van der Waals surface area contributed by atoms with Crippen LogP contribution in [-0.2, 0) is 19.1 Å². The van der Waals surface area contributed by atoms with E-state index in [1.54, 1.807) is 24.3 Å². The number of hydrogen-bond donors (Lipinski definition) is 2. The number of hydrogen-bond acceptors (Lipinski definition) is 6. The van der Waals surface area contributed by atoms with Crippen molar-refractivity contribution in [1.82, 2.24) is 15.1 Å². The average molecular weight is 473 g/mol. The molecule has 0 bridgehead atoms. The summed E-state index contributed by atoms with van der Waals surface area (Å²) in [6.45, 7) is 6.64. The number of unbranched alkanes of at least 4 members (excludes halogenated alkanes) is 1. The molecule has 34 heavy (non-hydrogen) atoms. The highest BCUT2D eigenvalue weighted by atomic mass is 16.5. The van der Waals surface area contributed by atoms with Crippen LogP contribution in [-0.4, -0.2) is 78.9 Å². The lowest BCUT2D eigenvalue weighted by Crippen LogP contribution is -2.58. The Morgan fingerprint density at radius 2 is 1.94 bits per heavy atom. The first-order valence-electron chi connectivity index (χ1n) is 12.2. The third kappa shape index (κ3) is 6.95. The van der Waals surface area contributed by atoms with Gasteiger partial charge in [0.1, 0.15) is 6.04 Å². The van der Waals surface area contributed by atoms with E-state index >= 15 is 0 Å². The maximum Gasteiger partial charge on any atom is 0.308 e. The first-order chi connectivity index (χ1) is 16.4. The predicted molar refractivity (Wildman–Crippen MR) is 128 cm³/mol. The molecule has 1 aromatic carbocycles. The molecule has 186 valence electrons. The van der Waals surface area contributed by atoms with E-state index in [4.69, 9.17) is 4.74 Å². The molecule has 2 saturated heterocycles. The fourth-order valence-corrected chi connectivity index (χ4v) is 4.20. The van der Waals surface area contributed by atoms with E-state index < -0.39 is 12.0 Å². The van der Waals surface area contributed by atoms with Gasteiger partial charge < -0.3 is 25.2 Å². The zero-order valence-electron chi connectivity index (χ0n) is 20.2. The molecule has 0 saturated carbocycles. The molecule has 1 unspecified atom stereocenters. The third-order valence-corrected chi connectivity index (χ3v) is 6.40. The van der Waals surface area contributed by atoms with Crippen molar-refractivity contribution in [2.45, 2.75) is 52.0 Å². The number of benzene rings is 1. The molecule has 0 radical (unpaired) electrons. The van der Waals surface area contributed by atoms with Crippen molar-refractivity contribution in [3.63, 3.8) is 0 Å². The van der Waals surface area contributed by atoms with E-state index in [9.17, 15) is 19.2 Å². The molecular formula is C25H36N4O5.